The van der Waals surface area contributed by atoms with E-state index in [0.717, 1.165) is 5.92 Å². The predicted octanol–water partition coefficient (Wildman–Crippen LogP) is 1.33. The van der Waals surface area contributed by atoms with E-state index in [1.165, 1.54) is 17.9 Å². The van der Waals surface area contributed by atoms with Crippen molar-refractivity contribution in [2.24, 2.45) is 5.92 Å². The van der Waals surface area contributed by atoms with Crippen LogP contribution in [0.4, 0.5) is 0 Å². The van der Waals surface area contributed by atoms with Gasteiger partial charge in [0.05, 0.1) is 0 Å². The van der Waals surface area contributed by atoms with Crippen LogP contribution >= 0.6 is 11.8 Å². The molecule has 0 spiro atoms. The van der Waals surface area contributed by atoms with E-state index in [2.05, 4.69) is 11.8 Å². The molecule has 0 aromatic carbocycles. The standard InChI is InChI=1S/C5H7S/c1-4-2-6-3-5(1)4/h4H,1-3H2. The van der Waals surface area contributed by atoms with E-state index in [1.807, 2.05) is 5.92 Å². The normalized spacial score (nSPS) is 43.0. The Balaban J connectivity index is 2.09. The Bertz CT molecular complexity index is 62.3. The predicted molar refractivity (Wildman–Crippen MR) is 28.7 cm³/mol. The van der Waals surface area contributed by atoms with Crippen molar-refractivity contribution < 1.29 is 0 Å². The highest BCUT2D eigenvalue weighted by molar-refractivity contribution is 7.99. The van der Waals surface area contributed by atoms with Crippen molar-refractivity contribution in [1.82, 2.24) is 0 Å². The molecule has 0 bridgehead atoms. The zero-order valence-electron chi connectivity index (χ0n) is 3.61. The highest BCUT2D eigenvalue weighted by Gasteiger charge is 2.41. The van der Waals surface area contributed by atoms with Crippen LogP contribution in [-0.4, -0.2) is 11.5 Å². The van der Waals surface area contributed by atoms with Gasteiger partial charge in [-0.25, -0.2) is 0 Å². The molecule has 6 heavy (non-hydrogen) atoms. The van der Waals surface area contributed by atoms with Gasteiger partial charge in [0.2, 0.25) is 0 Å². The van der Waals surface area contributed by atoms with E-state index in [-0.39, 0.29) is 0 Å². The molecule has 0 amide bonds. The molecule has 2 rings (SSSR count). The van der Waals surface area contributed by atoms with E-state index in [4.69, 9.17) is 0 Å². The van der Waals surface area contributed by atoms with Crippen molar-refractivity contribution in [3.05, 3.63) is 5.92 Å². The van der Waals surface area contributed by atoms with Crippen molar-refractivity contribution in [2.75, 3.05) is 11.5 Å². The van der Waals surface area contributed by atoms with E-state index >= 15 is 0 Å². The molecule has 1 heteroatoms. The fraction of sp³-hybridized carbons (Fsp3) is 0.800. The molecule has 0 aromatic heterocycles. The van der Waals surface area contributed by atoms with Crippen LogP contribution in [0.2, 0.25) is 0 Å². The molecule has 2 fully saturated rings. The summed E-state index contributed by atoms with van der Waals surface area (Å²) in [5, 5.41) is 0. The van der Waals surface area contributed by atoms with E-state index in [9.17, 15) is 0 Å². The fourth-order valence-corrected chi connectivity index (χ4v) is 2.32. The maximum atomic E-state index is 2.09. The first-order valence-corrected chi connectivity index (χ1v) is 3.54. The molecule has 0 aromatic rings. The summed E-state index contributed by atoms with van der Waals surface area (Å²) in [5.41, 5.74) is 0. The maximum Gasteiger partial charge on any atom is -0.000190 e. The number of hydrogen-bond donors (Lipinski definition) is 0. The lowest BCUT2D eigenvalue weighted by Crippen LogP contribution is -1.68. The molecule has 1 unspecified atom stereocenters. The minimum atomic E-state index is 1.09. The molecular formula is C5H7S. The third-order valence-corrected chi connectivity index (χ3v) is 2.75. The van der Waals surface area contributed by atoms with Crippen LogP contribution in [-0.2, 0) is 0 Å². The van der Waals surface area contributed by atoms with Crippen molar-refractivity contribution in [3.8, 4) is 0 Å². The monoisotopic (exact) mass is 99.0 g/mol. The average Bonchev–Trinajstić information content (AvgIpc) is 2.17. The topological polar surface area (TPSA) is 0 Å². The zero-order chi connectivity index (χ0) is 3.98. The summed E-state index contributed by atoms with van der Waals surface area (Å²) in [5.74, 6) is 5.76. The Kier molecular flexibility index (Phi) is 0.530. The summed E-state index contributed by atoms with van der Waals surface area (Å²) in [4.78, 5) is 0. The zero-order valence-corrected chi connectivity index (χ0v) is 4.42. The summed E-state index contributed by atoms with van der Waals surface area (Å²) in [6, 6.07) is 0. The molecule has 0 nitrogen and oxygen atoms in total. The minimum absolute atomic E-state index is 1.09. The lowest BCUT2D eigenvalue weighted by molar-refractivity contribution is 1.03. The SMILES string of the molecule is C1SCC2C[C]12. The third kappa shape index (κ3) is 0.320. The van der Waals surface area contributed by atoms with Crippen LogP contribution < -0.4 is 0 Å². The van der Waals surface area contributed by atoms with Crippen LogP contribution in [0.5, 0.6) is 0 Å². The second-order valence-corrected chi connectivity index (χ2v) is 3.10. The molecular weight excluding hydrogens is 92.1 g/mol. The summed E-state index contributed by atoms with van der Waals surface area (Å²) in [6.07, 6.45) is 1.48. The lowest BCUT2D eigenvalue weighted by atomic mass is 10.4. The summed E-state index contributed by atoms with van der Waals surface area (Å²) >= 11 is 2.09. The highest BCUT2D eigenvalue weighted by atomic mass is 32.2. The smallest absolute Gasteiger partial charge is 0.000190 e. The molecule has 1 saturated carbocycles. The van der Waals surface area contributed by atoms with Gasteiger partial charge in [0.25, 0.3) is 0 Å². The first kappa shape index (κ1) is 3.36. The molecule has 0 N–H and O–H groups in total. The molecule has 1 radical (unpaired) electrons. The van der Waals surface area contributed by atoms with Crippen LogP contribution in [0.25, 0.3) is 0 Å². The largest absolute Gasteiger partial charge is 0.161 e. The van der Waals surface area contributed by atoms with Crippen molar-refractivity contribution >= 4 is 11.8 Å². The van der Waals surface area contributed by atoms with Crippen molar-refractivity contribution in [2.45, 2.75) is 6.42 Å². The minimum Gasteiger partial charge on any atom is -0.161 e. The van der Waals surface area contributed by atoms with Gasteiger partial charge in [0.1, 0.15) is 0 Å². The molecule has 33 valence electrons. The second kappa shape index (κ2) is 0.945. The second-order valence-electron chi connectivity index (χ2n) is 2.07. The summed E-state index contributed by atoms with van der Waals surface area (Å²) < 4.78 is 0. The number of thioether (sulfide) groups is 1. The Morgan fingerprint density at radius 2 is 2.67 bits per heavy atom. The fourth-order valence-electron chi connectivity index (χ4n) is 0.943. The van der Waals surface area contributed by atoms with Crippen LogP contribution in [0.1, 0.15) is 6.42 Å². The van der Waals surface area contributed by atoms with E-state index < -0.39 is 0 Å². The van der Waals surface area contributed by atoms with Gasteiger partial charge in [0.15, 0.2) is 0 Å². The number of fused-ring (bicyclic) bond motifs is 1. The van der Waals surface area contributed by atoms with E-state index in [0.29, 0.717) is 0 Å². The summed E-state index contributed by atoms with van der Waals surface area (Å²) in [6.45, 7) is 0. The number of hydrogen-bond acceptors (Lipinski definition) is 1. The first-order valence-electron chi connectivity index (χ1n) is 2.39. The summed E-state index contributed by atoms with van der Waals surface area (Å²) in [7, 11) is 0. The van der Waals surface area contributed by atoms with Crippen molar-refractivity contribution in [1.29, 1.82) is 0 Å². The van der Waals surface area contributed by atoms with Gasteiger partial charge in [-0.15, -0.1) is 0 Å². The van der Waals surface area contributed by atoms with Gasteiger partial charge in [-0.1, -0.05) is 0 Å². The quantitative estimate of drug-likeness (QED) is 0.441. The molecule has 1 saturated heterocycles. The Morgan fingerprint density at radius 1 is 1.67 bits per heavy atom. The molecule has 1 heterocycles. The van der Waals surface area contributed by atoms with E-state index in [1.54, 1.807) is 0 Å². The van der Waals surface area contributed by atoms with Gasteiger partial charge >= 0.3 is 0 Å². The maximum absolute atomic E-state index is 2.09. The Labute approximate surface area is 42.3 Å². The number of rotatable bonds is 0. The molecule has 1 aliphatic heterocycles. The van der Waals surface area contributed by atoms with Gasteiger partial charge in [-0.2, -0.15) is 11.8 Å². The van der Waals surface area contributed by atoms with Gasteiger partial charge in [-0.05, 0) is 29.8 Å². The van der Waals surface area contributed by atoms with Crippen LogP contribution in [0.15, 0.2) is 0 Å². The van der Waals surface area contributed by atoms with Crippen molar-refractivity contribution in [3.63, 3.8) is 0 Å². The Hall–Kier alpha value is 0.350. The lowest BCUT2D eigenvalue weighted by Gasteiger charge is -1.81. The Morgan fingerprint density at radius 3 is 2.83 bits per heavy atom. The van der Waals surface area contributed by atoms with Crippen LogP contribution in [0, 0.1) is 11.8 Å². The third-order valence-electron chi connectivity index (χ3n) is 1.53. The molecule has 1 atom stereocenters. The van der Waals surface area contributed by atoms with Gasteiger partial charge in [0, 0.05) is 0 Å². The van der Waals surface area contributed by atoms with Crippen LogP contribution in [0.3, 0.4) is 0 Å². The molecule has 1 aliphatic carbocycles. The molecule has 2 aliphatic rings. The first-order chi connectivity index (χ1) is 2.97. The van der Waals surface area contributed by atoms with Gasteiger partial charge < -0.3 is 0 Å². The average molecular weight is 99.2 g/mol. The highest BCUT2D eigenvalue weighted by Crippen LogP contribution is 2.51. The van der Waals surface area contributed by atoms with Gasteiger partial charge in [-0.3, -0.25) is 0 Å².